The monoisotopic (exact) mass is 540 g/mol. The number of carboxylic acids is 1. The van der Waals surface area contributed by atoms with Crippen molar-refractivity contribution in [3.8, 4) is 0 Å². The number of aliphatic carboxylic acids is 1. The van der Waals surface area contributed by atoms with Crippen LogP contribution in [0.25, 0.3) is 0 Å². The highest BCUT2D eigenvalue weighted by Crippen LogP contribution is 2.48. The highest BCUT2D eigenvalue weighted by atomic mass is 32.2. The summed E-state index contributed by atoms with van der Waals surface area (Å²) in [5.74, 6) is -2.00. The van der Waals surface area contributed by atoms with Gasteiger partial charge in [0, 0.05) is 29.1 Å². The number of anilines is 1. The lowest BCUT2D eigenvalue weighted by atomic mass is 9.82. The van der Waals surface area contributed by atoms with Crippen LogP contribution in [0.2, 0.25) is 0 Å². The van der Waals surface area contributed by atoms with Crippen LogP contribution in [0.3, 0.4) is 0 Å². The van der Waals surface area contributed by atoms with E-state index >= 15 is 0 Å². The Morgan fingerprint density at radius 2 is 2.37 bits per heavy atom. The summed E-state index contributed by atoms with van der Waals surface area (Å²) in [6.45, 7) is 3.70. The number of aromatic nitrogens is 6. The van der Waals surface area contributed by atoms with Crippen LogP contribution in [0.5, 0.6) is 0 Å². The van der Waals surface area contributed by atoms with E-state index in [1.807, 2.05) is 0 Å². The van der Waals surface area contributed by atoms with Crippen molar-refractivity contribution in [2.24, 2.45) is 10.6 Å². The summed E-state index contributed by atoms with van der Waals surface area (Å²) >= 11 is 3.34. The first-order valence-corrected chi connectivity index (χ1v) is 12.7. The Morgan fingerprint density at radius 3 is 2.97 bits per heavy atom. The van der Waals surface area contributed by atoms with Crippen LogP contribution in [0.4, 0.5) is 5.13 Å². The fourth-order valence-electron chi connectivity index (χ4n) is 3.75. The van der Waals surface area contributed by atoms with Gasteiger partial charge in [0.05, 0.1) is 0 Å². The van der Waals surface area contributed by atoms with Crippen molar-refractivity contribution in [1.29, 1.82) is 0 Å². The summed E-state index contributed by atoms with van der Waals surface area (Å²) in [6, 6.07) is -0.874. The molecule has 0 spiro atoms. The molecule has 15 nitrogen and oxygen atoms in total. The first kappa shape index (κ1) is 24.9. The lowest BCUT2D eigenvalue weighted by Crippen LogP contribution is -2.75. The molecule has 3 unspecified atom stereocenters. The second-order valence-electron chi connectivity index (χ2n) is 7.50. The second-order valence-corrected chi connectivity index (χ2v) is 10.6. The zero-order valence-corrected chi connectivity index (χ0v) is 20.6. The Morgan fingerprint density at radius 1 is 1.57 bits per heavy atom. The molecular formula is C17H20N10O5S3. The number of tetrazole rings is 1. The number of β-lactam (4-membered cyclic amide) rings is 1. The Balaban J connectivity index is 1.49. The highest BCUT2D eigenvalue weighted by Gasteiger charge is 2.60. The zero-order valence-electron chi connectivity index (χ0n) is 18.2. The van der Waals surface area contributed by atoms with Crippen molar-refractivity contribution in [3.05, 3.63) is 18.5 Å². The van der Waals surface area contributed by atoms with E-state index < -0.39 is 39.9 Å². The molecule has 35 heavy (non-hydrogen) atoms. The van der Waals surface area contributed by atoms with Crippen molar-refractivity contribution in [3.63, 3.8) is 0 Å². The number of nitrogens with two attached hydrogens (primary N) is 1. The van der Waals surface area contributed by atoms with Crippen molar-refractivity contribution >= 4 is 63.7 Å². The normalized spacial score (nSPS) is 24.8. The third-order valence-corrected chi connectivity index (χ3v) is 8.86. The van der Waals surface area contributed by atoms with Crippen molar-refractivity contribution in [2.75, 3.05) is 25.1 Å². The molecule has 4 atom stereocenters. The number of aromatic amines is 1. The molecular weight excluding hydrogens is 520 g/mol. The summed E-state index contributed by atoms with van der Waals surface area (Å²) in [5.41, 5.74) is 4.07. The molecule has 0 bridgehead atoms. The van der Waals surface area contributed by atoms with Crippen LogP contribution < -0.4 is 11.1 Å². The van der Waals surface area contributed by atoms with Gasteiger partial charge in [-0.3, -0.25) is 14.4 Å². The minimum absolute atomic E-state index is 0.0251. The summed E-state index contributed by atoms with van der Waals surface area (Å²) in [7, 11) is 1.26. The van der Waals surface area contributed by atoms with Crippen LogP contribution in [0.1, 0.15) is 12.2 Å². The number of H-pyrrole nitrogens is 1. The first-order chi connectivity index (χ1) is 16.8. The average Bonchev–Trinajstić information content (AvgIpc) is 3.51. The van der Waals surface area contributed by atoms with E-state index in [9.17, 15) is 19.5 Å². The smallest absolute Gasteiger partial charge is 0.313 e. The van der Waals surface area contributed by atoms with Gasteiger partial charge in [-0.05, 0) is 16.8 Å². The molecule has 4 heterocycles. The van der Waals surface area contributed by atoms with Gasteiger partial charge in [0.15, 0.2) is 5.13 Å². The summed E-state index contributed by atoms with van der Waals surface area (Å²) in [4.78, 5) is 48.4. The number of fused-ring (bicyclic) bond motifs is 1. The van der Waals surface area contributed by atoms with Gasteiger partial charge in [0.2, 0.25) is 22.6 Å². The van der Waals surface area contributed by atoms with Crippen molar-refractivity contribution < 1.29 is 24.3 Å². The Labute approximate surface area is 210 Å². The Bertz CT molecular complexity index is 1160. The van der Waals surface area contributed by atoms with Crippen LogP contribution in [-0.4, -0.2) is 99.6 Å². The van der Waals surface area contributed by atoms with Gasteiger partial charge < -0.3 is 25.9 Å². The zero-order chi connectivity index (χ0) is 25.2. The van der Waals surface area contributed by atoms with Crippen molar-refractivity contribution in [1.82, 2.24) is 40.2 Å². The number of hydrogen-bond acceptors (Lipinski definition) is 14. The molecule has 0 radical (unpaired) electrons. The molecule has 2 aliphatic rings. The number of thioether (sulfide) groups is 2. The molecule has 0 aromatic carbocycles. The van der Waals surface area contributed by atoms with E-state index in [-0.39, 0.29) is 29.0 Å². The van der Waals surface area contributed by atoms with E-state index in [1.54, 1.807) is 6.08 Å². The van der Waals surface area contributed by atoms with Gasteiger partial charge in [-0.25, -0.2) is 5.10 Å². The lowest BCUT2D eigenvalue weighted by molar-refractivity contribution is -0.158. The number of nitrogen functional groups attached to an aromatic ring is 1. The van der Waals surface area contributed by atoms with Crippen LogP contribution in [0, 0.1) is 5.41 Å². The van der Waals surface area contributed by atoms with E-state index in [4.69, 9.17) is 10.6 Å². The molecule has 2 amide bonds. The predicted octanol–water partition coefficient (Wildman–Crippen LogP) is -0.808. The summed E-state index contributed by atoms with van der Waals surface area (Å²) in [5, 5.41) is 29.6. The maximum absolute atomic E-state index is 13.0. The topological polar surface area (TPSA) is 215 Å². The lowest BCUT2D eigenvalue weighted by Gasteiger charge is -2.55. The van der Waals surface area contributed by atoms with Crippen molar-refractivity contribution in [2.45, 2.75) is 28.2 Å². The van der Waals surface area contributed by atoms with Gasteiger partial charge in [0.25, 0.3) is 5.91 Å². The fourth-order valence-corrected chi connectivity index (χ4v) is 7.07. The number of nitrogens with zero attached hydrogens (tertiary/aromatic N) is 7. The Kier molecular flexibility index (Phi) is 7.22. The third kappa shape index (κ3) is 4.67. The van der Waals surface area contributed by atoms with E-state index in [1.165, 1.54) is 35.5 Å². The Hall–Kier alpha value is -3.25. The maximum atomic E-state index is 13.0. The number of carbonyl (C=O) groups excluding carboxylic acids is 2. The van der Waals surface area contributed by atoms with Crippen LogP contribution >= 0.6 is 35.1 Å². The predicted molar refractivity (Wildman–Crippen MR) is 126 cm³/mol. The molecule has 0 saturated carbocycles. The molecule has 2 fully saturated rings. The number of allylic oxidation sites excluding steroid dienone is 1. The van der Waals surface area contributed by atoms with E-state index in [0.29, 0.717) is 11.6 Å². The highest BCUT2D eigenvalue weighted by molar-refractivity contribution is 8.01. The molecule has 2 aliphatic heterocycles. The average molecular weight is 541 g/mol. The van der Waals surface area contributed by atoms with Gasteiger partial charge in [0.1, 0.15) is 23.9 Å². The number of carbonyl (C=O) groups is 3. The first-order valence-electron chi connectivity index (χ1n) is 9.99. The SMILES string of the molecule is C=CCC(Sc1nnn[nH]1)C1(C(=O)O)CS[C@@H]2C(NC(=O)C(=NOC)c3nsc(N)n3)C(=O)N2C1. The number of rotatable bonds is 10. The molecule has 186 valence electrons. The van der Waals surface area contributed by atoms with Gasteiger partial charge in [-0.1, -0.05) is 23.0 Å². The second kappa shape index (κ2) is 10.2. The maximum Gasteiger partial charge on any atom is 0.313 e. The number of nitrogens with one attached hydrogen (secondary N) is 2. The molecule has 0 aliphatic carbocycles. The number of amides is 2. The summed E-state index contributed by atoms with van der Waals surface area (Å²) < 4.78 is 3.95. The largest absolute Gasteiger partial charge is 0.481 e. The molecule has 2 aromatic heterocycles. The minimum atomic E-state index is -1.29. The minimum Gasteiger partial charge on any atom is -0.481 e. The number of carboxylic acid groups (broad SMARTS) is 1. The molecule has 2 saturated heterocycles. The van der Waals surface area contributed by atoms with E-state index in [2.05, 4.69) is 47.0 Å². The molecule has 4 rings (SSSR count). The van der Waals surface area contributed by atoms with Gasteiger partial charge in [-0.2, -0.15) is 9.36 Å². The molecule has 5 N–H and O–H groups in total. The van der Waals surface area contributed by atoms with Gasteiger partial charge in [-0.15, -0.1) is 23.4 Å². The summed E-state index contributed by atoms with van der Waals surface area (Å²) in [6.07, 6.45) is 1.98. The standard InChI is InChI=1S/C17H20N10O5S3/c1-3-4-7(34-16-21-25-26-22-16)17(14(30)31)5-27-12(29)9(13(27)33-6-17)19-11(28)8(23-32-2)10-20-15(18)35-24-10/h3,7,9,13H,1,4-6H2,2H3,(H,19,28)(H,30,31)(H2,18,20,24)(H,21,22,25,26)/t7?,9?,13-,17?/m1/s1. The van der Waals surface area contributed by atoms with Crippen LogP contribution in [0.15, 0.2) is 23.0 Å². The molecule has 2 aromatic rings. The third-order valence-electron chi connectivity index (χ3n) is 5.45. The quantitative estimate of drug-likeness (QED) is 0.0955. The van der Waals surface area contributed by atoms with E-state index in [0.717, 1.165) is 11.5 Å². The fraction of sp³-hybridized carbons (Fsp3) is 0.471. The number of hydrogen-bond donors (Lipinski definition) is 4. The van der Waals surface area contributed by atoms with Crippen LogP contribution in [-0.2, 0) is 19.2 Å². The number of oxime groups is 1. The van der Waals surface area contributed by atoms with Gasteiger partial charge >= 0.3 is 5.97 Å². The molecule has 18 heteroatoms.